The number of benzene rings is 1. The summed E-state index contributed by atoms with van der Waals surface area (Å²) in [4.78, 5) is 0. The Balaban J connectivity index is 2.51. The molecule has 0 aliphatic heterocycles. The van der Waals surface area contributed by atoms with Gasteiger partial charge in [-0.3, -0.25) is 0 Å². The van der Waals surface area contributed by atoms with E-state index < -0.39 is 5.82 Å². The van der Waals surface area contributed by atoms with Gasteiger partial charge >= 0.3 is 0 Å². The number of rotatable bonds is 4. The summed E-state index contributed by atoms with van der Waals surface area (Å²) in [5.74, 6) is 0.0831. The quantitative estimate of drug-likeness (QED) is 0.618. The van der Waals surface area contributed by atoms with Crippen LogP contribution < -0.4 is 5.32 Å². The first kappa shape index (κ1) is 11.3. The van der Waals surface area contributed by atoms with Crippen molar-refractivity contribution in [1.82, 2.24) is 0 Å². The third-order valence-electron chi connectivity index (χ3n) is 1.60. The number of hydrogen-bond donors (Lipinski definition) is 1. The van der Waals surface area contributed by atoms with E-state index in [0.29, 0.717) is 12.4 Å². The number of halogens is 3. The van der Waals surface area contributed by atoms with E-state index in [1.54, 1.807) is 12.1 Å². The van der Waals surface area contributed by atoms with Crippen molar-refractivity contribution in [2.24, 2.45) is 0 Å². The van der Waals surface area contributed by atoms with Crippen LogP contribution in [0.4, 0.5) is 10.1 Å². The molecule has 0 saturated heterocycles. The average Bonchev–Trinajstić information content (AvgIpc) is 2.18. The third-order valence-corrected chi connectivity index (χ3v) is 2.07. The second-order valence-electron chi connectivity index (χ2n) is 2.64. The Morgan fingerprint density at radius 3 is 2.79 bits per heavy atom. The lowest BCUT2D eigenvalue weighted by Gasteiger charge is -2.03. The SMILES string of the molecule is Fc1ccc(NC/C=C/CCl)cc1Cl. The van der Waals surface area contributed by atoms with Gasteiger partial charge in [-0.25, -0.2) is 4.39 Å². The Kier molecular flexibility index (Phi) is 4.77. The Hall–Kier alpha value is -0.730. The second kappa shape index (κ2) is 5.89. The topological polar surface area (TPSA) is 12.0 Å². The summed E-state index contributed by atoms with van der Waals surface area (Å²) in [6, 6.07) is 4.51. The van der Waals surface area contributed by atoms with Crippen molar-refractivity contribution < 1.29 is 4.39 Å². The van der Waals surface area contributed by atoms with Gasteiger partial charge in [0.05, 0.1) is 5.02 Å². The molecule has 1 nitrogen and oxygen atoms in total. The zero-order valence-electron chi connectivity index (χ0n) is 7.43. The van der Waals surface area contributed by atoms with Crippen LogP contribution in [0, 0.1) is 5.82 Å². The minimum Gasteiger partial charge on any atom is -0.382 e. The predicted molar refractivity (Wildman–Crippen MR) is 59.8 cm³/mol. The van der Waals surface area contributed by atoms with Crippen molar-refractivity contribution in [3.63, 3.8) is 0 Å². The molecule has 0 heterocycles. The van der Waals surface area contributed by atoms with Crippen molar-refractivity contribution in [3.8, 4) is 0 Å². The second-order valence-corrected chi connectivity index (χ2v) is 3.35. The standard InChI is InChI=1S/C10H10Cl2FN/c11-5-1-2-6-14-8-3-4-10(13)9(12)7-8/h1-4,7,14H,5-6H2/b2-1+. The van der Waals surface area contributed by atoms with Crippen LogP contribution in [0.15, 0.2) is 30.4 Å². The van der Waals surface area contributed by atoms with Crippen LogP contribution >= 0.6 is 23.2 Å². The molecule has 14 heavy (non-hydrogen) atoms. The molecule has 0 spiro atoms. The molecule has 1 N–H and O–H groups in total. The fourth-order valence-corrected chi connectivity index (χ4v) is 1.24. The first-order chi connectivity index (χ1) is 6.74. The summed E-state index contributed by atoms with van der Waals surface area (Å²) in [5, 5.41) is 3.17. The molecule has 0 unspecified atom stereocenters. The highest BCUT2D eigenvalue weighted by Gasteiger charge is 1.98. The molecule has 76 valence electrons. The number of allylic oxidation sites excluding steroid dienone is 1. The summed E-state index contributed by atoms with van der Waals surface area (Å²) >= 11 is 11.0. The molecule has 1 aromatic rings. The maximum Gasteiger partial charge on any atom is 0.141 e. The van der Waals surface area contributed by atoms with Gasteiger partial charge in [-0.05, 0) is 18.2 Å². The first-order valence-electron chi connectivity index (χ1n) is 4.14. The normalized spacial score (nSPS) is 10.8. The molecule has 1 rings (SSSR count). The number of anilines is 1. The van der Waals surface area contributed by atoms with Crippen LogP contribution in [0.1, 0.15) is 0 Å². The summed E-state index contributed by atoms with van der Waals surface area (Å²) < 4.78 is 12.8. The number of nitrogens with one attached hydrogen (secondary N) is 1. The monoisotopic (exact) mass is 233 g/mol. The molecule has 1 aromatic carbocycles. The molecule has 0 aliphatic carbocycles. The van der Waals surface area contributed by atoms with Gasteiger partial charge < -0.3 is 5.32 Å². The molecule has 0 bridgehead atoms. The van der Waals surface area contributed by atoms with Gasteiger partial charge in [0.1, 0.15) is 5.82 Å². The smallest absolute Gasteiger partial charge is 0.141 e. The summed E-state index contributed by atoms with van der Waals surface area (Å²) in [6.07, 6.45) is 3.73. The van der Waals surface area contributed by atoms with Gasteiger partial charge in [0, 0.05) is 18.1 Å². The average molecular weight is 234 g/mol. The Morgan fingerprint density at radius 1 is 1.36 bits per heavy atom. The van der Waals surface area contributed by atoms with E-state index in [1.807, 2.05) is 12.2 Å². The van der Waals surface area contributed by atoms with E-state index in [0.717, 1.165) is 5.69 Å². The fraction of sp³-hybridized carbons (Fsp3) is 0.200. The van der Waals surface area contributed by atoms with E-state index in [9.17, 15) is 4.39 Å². The lowest BCUT2D eigenvalue weighted by atomic mass is 10.3. The minimum atomic E-state index is -0.409. The third kappa shape index (κ3) is 3.56. The highest BCUT2D eigenvalue weighted by molar-refractivity contribution is 6.31. The van der Waals surface area contributed by atoms with E-state index in [-0.39, 0.29) is 5.02 Å². The van der Waals surface area contributed by atoms with Crippen LogP contribution in [0.5, 0.6) is 0 Å². The molecular weight excluding hydrogens is 224 g/mol. The largest absolute Gasteiger partial charge is 0.382 e. The van der Waals surface area contributed by atoms with Crippen LogP contribution in [-0.4, -0.2) is 12.4 Å². The first-order valence-corrected chi connectivity index (χ1v) is 5.05. The minimum absolute atomic E-state index is 0.122. The molecular formula is C10H10Cl2FN. The molecule has 0 aliphatic rings. The van der Waals surface area contributed by atoms with Crippen molar-refractivity contribution in [3.05, 3.63) is 41.2 Å². The van der Waals surface area contributed by atoms with Gasteiger partial charge in [-0.1, -0.05) is 23.8 Å². The van der Waals surface area contributed by atoms with Crippen LogP contribution in [0.25, 0.3) is 0 Å². The zero-order chi connectivity index (χ0) is 10.4. The predicted octanol–water partition coefficient (Wildman–Crippen LogP) is 3.69. The van der Waals surface area contributed by atoms with Crippen molar-refractivity contribution in [2.75, 3.05) is 17.7 Å². The summed E-state index contributed by atoms with van der Waals surface area (Å²) in [6.45, 7) is 0.648. The van der Waals surface area contributed by atoms with Gasteiger partial charge in [-0.2, -0.15) is 0 Å². The lowest BCUT2D eigenvalue weighted by Crippen LogP contribution is -1.98. The highest BCUT2D eigenvalue weighted by Crippen LogP contribution is 2.18. The van der Waals surface area contributed by atoms with Gasteiger partial charge in [0.15, 0.2) is 0 Å². The summed E-state index contributed by atoms with van der Waals surface area (Å²) in [7, 11) is 0. The van der Waals surface area contributed by atoms with Crippen molar-refractivity contribution >= 4 is 28.9 Å². The molecule has 0 radical (unpaired) electrons. The molecule has 4 heteroatoms. The zero-order valence-corrected chi connectivity index (χ0v) is 8.95. The van der Waals surface area contributed by atoms with Gasteiger partial charge in [0.25, 0.3) is 0 Å². The lowest BCUT2D eigenvalue weighted by molar-refractivity contribution is 0.628. The molecule has 0 amide bonds. The van der Waals surface area contributed by atoms with Gasteiger partial charge in [-0.15, -0.1) is 11.6 Å². The van der Waals surface area contributed by atoms with Crippen molar-refractivity contribution in [1.29, 1.82) is 0 Å². The van der Waals surface area contributed by atoms with Crippen LogP contribution in [0.2, 0.25) is 5.02 Å². The number of alkyl halides is 1. The van der Waals surface area contributed by atoms with Crippen LogP contribution in [-0.2, 0) is 0 Å². The van der Waals surface area contributed by atoms with E-state index >= 15 is 0 Å². The molecule has 0 aromatic heterocycles. The maximum absolute atomic E-state index is 12.8. The maximum atomic E-state index is 12.8. The van der Waals surface area contributed by atoms with E-state index in [2.05, 4.69) is 5.32 Å². The highest BCUT2D eigenvalue weighted by atomic mass is 35.5. The van der Waals surface area contributed by atoms with E-state index in [1.165, 1.54) is 6.07 Å². The fourth-order valence-electron chi connectivity index (χ4n) is 0.929. The molecule has 0 atom stereocenters. The molecule has 0 saturated carbocycles. The number of hydrogen-bond acceptors (Lipinski definition) is 1. The summed E-state index contributed by atoms with van der Waals surface area (Å²) in [5.41, 5.74) is 0.788. The molecule has 0 fully saturated rings. The Bertz CT molecular complexity index is 326. The van der Waals surface area contributed by atoms with E-state index in [4.69, 9.17) is 23.2 Å². The van der Waals surface area contributed by atoms with Crippen molar-refractivity contribution in [2.45, 2.75) is 0 Å². The Morgan fingerprint density at radius 2 is 2.14 bits per heavy atom. The van der Waals surface area contributed by atoms with Crippen LogP contribution in [0.3, 0.4) is 0 Å². The Labute approximate surface area is 92.5 Å². The van der Waals surface area contributed by atoms with Gasteiger partial charge in [0.2, 0.25) is 0 Å².